The van der Waals surface area contributed by atoms with Gasteiger partial charge in [-0.2, -0.15) is 0 Å². The maximum Gasteiger partial charge on any atom is 0.193 e. The number of aryl methyl sites for hydroxylation is 1. The van der Waals surface area contributed by atoms with Crippen LogP contribution < -0.4 is 0 Å². The van der Waals surface area contributed by atoms with Gasteiger partial charge in [-0.1, -0.05) is 88.3 Å². The number of ketones is 2. The fraction of sp³-hybridized carbons (Fsp3) is 0.462. The summed E-state index contributed by atoms with van der Waals surface area (Å²) >= 11 is 0. The Labute approximate surface area is 175 Å². The molecule has 2 aromatic carbocycles. The third-order valence-electron chi connectivity index (χ3n) is 5.45. The van der Waals surface area contributed by atoms with Crippen molar-refractivity contribution in [1.82, 2.24) is 0 Å². The molecule has 0 aromatic heterocycles. The van der Waals surface area contributed by atoms with Crippen LogP contribution >= 0.6 is 0 Å². The predicted octanol–water partition coefficient (Wildman–Crippen LogP) is 6.43. The Morgan fingerprint density at radius 3 is 1.97 bits per heavy atom. The maximum absolute atomic E-state index is 12.7. The third kappa shape index (κ3) is 7.25. The maximum atomic E-state index is 12.7. The van der Waals surface area contributed by atoms with Gasteiger partial charge in [0.15, 0.2) is 11.6 Å². The van der Waals surface area contributed by atoms with Crippen LogP contribution in [-0.2, 0) is 6.61 Å². The minimum Gasteiger partial charge on any atom is -0.392 e. The second-order valence-electron chi connectivity index (χ2n) is 7.86. The molecule has 0 spiro atoms. The van der Waals surface area contributed by atoms with E-state index < -0.39 is 0 Å². The first kappa shape index (κ1) is 23.0. The van der Waals surface area contributed by atoms with Gasteiger partial charge in [-0.3, -0.25) is 9.59 Å². The molecule has 3 heteroatoms. The highest BCUT2D eigenvalue weighted by molar-refractivity contribution is 6.10. The number of hydrogen-bond acceptors (Lipinski definition) is 3. The number of carbonyl (C=O) groups excluding carboxylic acids is 2. The van der Waals surface area contributed by atoms with Crippen molar-refractivity contribution in [1.29, 1.82) is 0 Å². The van der Waals surface area contributed by atoms with E-state index >= 15 is 0 Å². The van der Waals surface area contributed by atoms with Crippen LogP contribution in [0.2, 0.25) is 0 Å². The van der Waals surface area contributed by atoms with E-state index in [0.717, 1.165) is 24.0 Å². The van der Waals surface area contributed by atoms with E-state index in [1.165, 1.54) is 38.5 Å². The Morgan fingerprint density at radius 2 is 1.38 bits per heavy atom. The monoisotopic (exact) mass is 394 g/mol. The fourth-order valence-corrected chi connectivity index (χ4v) is 3.57. The quantitative estimate of drug-likeness (QED) is 0.314. The van der Waals surface area contributed by atoms with Crippen molar-refractivity contribution in [2.24, 2.45) is 0 Å². The lowest BCUT2D eigenvalue weighted by Crippen LogP contribution is -2.06. The van der Waals surface area contributed by atoms with Crippen molar-refractivity contribution in [3.8, 4) is 0 Å². The molecule has 0 atom stereocenters. The molecule has 0 saturated carbocycles. The van der Waals surface area contributed by atoms with Crippen LogP contribution in [0.15, 0.2) is 42.5 Å². The van der Waals surface area contributed by atoms with Gasteiger partial charge in [-0.05, 0) is 30.5 Å². The molecular formula is C26H34O3. The zero-order chi connectivity index (χ0) is 21.1. The molecule has 2 aromatic rings. The van der Waals surface area contributed by atoms with Crippen LogP contribution in [0.5, 0.6) is 0 Å². The minimum absolute atomic E-state index is 0.0385. The summed E-state index contributed by atoms with van der Waals surface area (Å²) in [6, 6.07) is 12.3. The first-order valence-corrected chi connectivity index (χ1v) is 10.9. The zero-order valence-corrected chi connectivity index (χ0v) is 17.9. The molecule has 156 valence electrons. The zero-order valence-electron chi connectivity index (χ0n) is 17.9. The van der Waals surface area contributed by atoms with Crippen molar-refractivity contribution in [3.05, 3.63) is 70.3 Å². The molecule has 0 heterocycles. The van der Waals surface area contributed by atoms with E-state index in [9.17, 15) is 9.59 Å². The Bertz CT molecular complexity index is 790. The highest BCUT2D eigenvalue weighted by Crippen LogP contribution is 2.19. The molecule has 0 bridgehead atoms. The summed E-state index contributed by atoms with van der Waals surface area (Å²) in [7, 11) is 0. The standard InChI is InChI=1S/C26H34O3/c1-3-4-5-6-7-8-9-10-11-25(28)23-16-17-24(20(2)18-23)26(29)22-14-12-21(19-27)13-15-22/h12-18,27H,3-11,19H2,1-2H3. The van der Waals surface area contributed by atoms with Gasteiger partial charge in [0, 0.05) is 23.1 Å². The molecular weight excluding hydrogens is 360 g/mol. The molecule has 0 aliphatic rings. The van der Waals surface area contributed by atoms with E-state index in [2.05, 4.69) is 6.92 Å². The van der Waals surface area contributed by atoms with E-state index in [4.69, 9.17) is 5.11 Å². The SMILES string of the molecule is CCCCCCCCCCC(=O)c1ccc(C(=O)c2ccc(CO)cc2)c(C)c1. The number of unbranched alkanes of at least 4 members (excludes halogenated alkanes) is 7. The van der Waals surface area contributed by atoms with Gasteiger partial charge in [-0.15, -0.1) is 0 Å². The molecule has 0 unspecified atom stereocenters. The second kappa shape index (κ2) is 12.3. The number of carbonyl (C=O) groups is 2. The second-order valence-corrected chi connectivity index (χ2v) is 7.86. The summed E-state index contributed by atoms with van der Waals surface area (Å²) in [5.74, 6) is 0.0967. The summed E-state index contributed by atoms with van der Waals surface area (Å²) in [6.45, 7) is 4.07. The van der Waals surface area contributed by atoms with Gasteiger partial charge in [0.1, 0.15) is 0 Å². The molecule has 2 rings (SSSR count). The number of hydrogen-bond donors (Lipinski definition) is 1. The lowest BCUT2D eigenvalue weighted by molar-refractivity contribution is 0.0976. The first-order valence-electron chi connectivity index (χ1n) is 10.9. The normalized spacial score (nSPS) is 10.9. The number of rotatable bonds is 13. The average molecular weight is 395 g/mol. The van der Waals surface area contributed by atoms with Crippen molar-refractivity contribution in [2.45, 2.75) is 78.2 Å². The Balaban J connectivity index is 1.86. The number of aliphatic hydroxyl groups is 1. The summed E-state index contributed by atoms with van der Waals surface area (Å²) < 4.78 is 0. The van der Waals surface area contributed by atoms with E-state index in [0.29, 0.717) is 23.1 Å². The van der Waals surface area contributed by atoms with Gasteiger partial charge in [-0.25, -0.2) is 0 Å². The summed E-state index contributed by atoms with van der Waals surface area (Å²) in [4.78, 5) is 25.2. The van der Waals surface area contributed by atoms with Crippen LogP contribution in [-0.4, -0.2) is 16.7 Å². The Morgan fingerprint density at radius 1 is 0.793 bits per heavy atom. The lowest BCUT2D eigenvalue weighted by atomic mass is 9.94. The fourth-order valence-electron chi connectivity index (χ4n) is 3.57. The van der Waals surface area contributed by atoms with Gasteiger partial charge >= 0.3 is 0 Å². The third-order valence-corrected chi connectivity index (χ3v) is 5.45. The largest absolute Gasteiger partial charge is 0.392 e. The summed E-state index contributed by atoms with van der Waals surface area (Å²) in [5, 5.41) is 9.13. The molecule has 1 N–H and O–H groups in total. The van der Waals surface area contributed by atoms with Crippen molar-refractivity contribution in [3.63, 3.8) is 0 Å². The molecule has 0 aliphatic carbocycles. The Kier molecular flexibility index (Phi) is 9.79. The molecule has 3 nitrogen and oxygen atoms in total. The molecule has 0 aliphatic heterocycles. The lowest BCUT2D eigenvalue weighted by Gasteiger charge is -2.08. The number of Topliss-reactive ketones (excluding diaryl/α,β-unsaturated/α-hetero) is 1. The van der Waals surface area contributed by atoms with Crippen molar-refractivity contribution < 1.29 is 14.7 Å². The average Bonchev–Trinajstić information content (AvgIpc) is 2.75. The number of benzene rings is 2. The summed E-state index contributed by atoms with van der Waals surface area (Å²) in [6.07, 6.45) is 10.3. The highest BCUT2D eigenvalue weighted by atomic mass is 16.3. The summed E-state index contributed by atoms with van der Waals surface area (Å²) in [5.41, 5.74) is 3.49. The molecule has 0 fully saturated rings. The Hall–Kier alpha value is -2.26. The van der Waals surface area contributed by atoms with Gasteiger partial charge < -0.3 is 5.11 Å². The molecule has 0 radical (unpaired) electrons. The predicted molar refractivity (Wildman–Crippen MR) is 119 cm³/mol. The van der Waals surface area contributed by atoms with Gasteiger partial charge in [0.25, 0.3) is 0 Å². The van der Waals surface area contributed by atoms with E-state index in [1.54, 1.807) is 36.4 Å². The van der Waals surface area contributed by atoms with Gasteiger partial charge in [0.2, 0.25) is 0 Å². The van der Waals surface area contributed by atoms with Crippen molar-refractivity contribution in [2.75, 3.05) is 0 Å². The van der Waals surface area contributed by atoms with Crippen molar-refractivity contribution >= 4 is 11.6 Å². The van der Waals surface area contributed by atoms with Crippen LogP contribution in [0.4, 0.5) is 0 Å². The van der Waals surface area contributed by atoms with Crippen LogP contribution in [0.25, 0.3) is 0 Å². The highest BCUT2D eigenvalue weighted by Gasteiger charge is 2.14. The van der Waals surface area contributed by atoms with E-state index in [-0.39, 0.29) is 18.2 Å². The molecule has 0 amide bonds. The van der Waals surface area contributed by atoms with Crippen LogP contribution in [0, 0.1) is 6.92 Å². The van der Waals surface area contributed by atoms with Crippen LogP contribution in [0.1, 0.15) is 102 Å². The van der Waals surface area contributed by atoms with Gasteiger partial charge in [0.05, 0.1) is 6.61 Å². The first-order chi connectivity index (χ1) is 14.1. The molecule has 29 heavy (non-hydrogen) atoms. The van der Waals surface area contributed by atoms with E-state index in [1.807, 2.05) is 13.0 Å². The molecule has 0 saturated heterocycles. The topological polar surface area (TPSA) is 54.4 Å². The number of aliphatic hydroxyl groups excluding tert-OH is 1. The minimum atomic E-state index is -0.0611. The van der Waals surface area contributed by atoms with Crippen LogP contribution in [0.3, 0.4) is 0 Å². The smallest absolute Gasteiger partial charge is 0.193 e.